The average Bonchev–Trinajstić information content (AvgIpc) is 2.71. The zero-order chi connectivity index (χ0) is 9.80. The molecular weight excluding hydrogens is 196 g/mol. The third-order valence-electron chi connectivity index (χ3n) is 2.47. The molecule has 2 N–H and O–H groups in total. The number of nitrogens with two attached hydrogens (primary N) is 1. The first-order valence-corrected chi connectivity index (χ1v) is 5.88. The maximum atomic E-state index is 5.59. The van der Waals surface area contributed by atoms with Crippen LogP contribution >= 0.6 is 11.3 Å². The summed E-state index contributed by atoms with van der Waals surface area (Å²) in [6, 6.07) is 2.18. The molecule has 1 saturated heterocycles. The van der Waals surface area contributed by atoms with Gasteiger partial charge in [0.05, 0.1) is 12.7 Å². The van der Waals surface area contributed by atoms with Crippen LogP contribution in [0.4, 0.5) is 0 Å². The first kappa shape index (κ1) is 10.1. The lowest BCUT2D eigenvalue weighted by molar-refractivity contribution is -0.0260. The zero-order valence-corrected chi connectivity index (χ0v) is 9.00. The number of morpholine rings is 1. The van der Waals surface area contributed by atoms with Crippen LogP contribution in [0.25, 0.3) is 0 Å². The Kier molecular flexibility index (Phi) is 3.53. The monoisotopic (exact) mass is 212 g/mol. The topological polar surface area (TPSA) is 38.5 Å². The van der Waals surface area contributed by atoms with E-state index in [1.54, 1.807) is 11.3 Å². The molecule has 0 amide bonds. The number of rotatable bonds is 3. The molecule has 1 aliphatic rings. The first-order valence-electron chi connectivity index (χ1n) is 4.93. The van der Waals surface area contributed by atoms with Gasteiger partial charge in [0.1, 0.15) is 0 Å². The van der Waals surface area contributed by atoms with Crippen molar-refractivity contribution in [1.82, 2.24) is 4.90 Å². The Morgan fingerprint density at radius 3 is 3.29 bits per heavy atom. The van der Waals surface area contributed by atoms with Crippen LogP contribution in [0, 0.1) is 0 Å². The lowest BCUT2D eigenvalue weighted by Gasteiger charge is -2.32. The van der Waals surface area contributed by atoms with E-state index in [0.717, 1.165) is 26.2 Å². The minimum Gasteiger partial charge on any atom is -0.374 e. The Hall–Kier alpha value is -0.420. The number of hydrogen-bond donors (Lipinski definition) is 1. The van der Waals surface area contributed by atoms with E-state index in [1.807, 2.05) is 0 Å². The van der Waals surface area contributed by atoms with Gasteiger partial charge in [0.15, 0.2) is 0 Å². The van der Waals surface area contributed by atoms with Crippen LogP contribution in [0.5, 0.6) is 0 Å². The Morgan fingerprint density at radius 2 is 2.57 bits per heavy atom. The van der Waals surface area contributed by atoms with E-state index >= 15 is 0 Å². The third-order valence-corrected chi connectivity index (χ3v) is 3.20. The van der Waals surface area contributed by atoms with Crippen LogP contribution in [0.1, 0.15) is 5.56 Å². The van der Waals surface area contributed by atoms with Gasteiger partial charge in [-0.1, -0.05) is 0 Å². The fourth-order valence-corrected chi connectivity index (χ4v) is 2.37. The fraction of sp³-hybridized carbons (Fsp3) is 0.600. The second kappa shape index (κ2) is 4.89. The lowest BCUT2D eigenvalue weighted by Crippen LogP contribution is -2.45. The van der Waals surface area contributed by atoms with Crippen LogP contribution < -0.4 is 5.73 Å². The molecule has 0 radical (unpaired) electrons. The number of nitrogens with zero attached hydrogens (tertiary/aromatic N) is 1. The Bertz CT molecular complexity index is 263. The molecule has 0 saturated carbocycles. The van der Waals surface area contributed by atoms with Gasteiger partial charge in [-0.3, -0.25) is 4.90 Å². The van der Waals surface area contributed by atoms with Crippen molar-refractivity contribution >= 4 is 11.3 Å². The summed E-state index contributed by atoms with van der Waals surface area (Å²) >= 11 is 1.75. The van der Waals surface area contributed by atoms with Gasteiger partial charge in [0, 0.05) is 26.2 Å². The van der Waals surface area contributed by atoms with E-state index in [0.29, 0.717) is 6.54 Å². The molecule has 0 bridgehead atoms. The summed E-state index contributed by atoms with van der Waals surface area (Å²) in [6.45, 7) is 4.45. The van der Waals surface area contributed by atoms with E-state index in [-0.39, 0.29) is 6.10 Å². The van der Waals surface area contributed by atoms with Gasteiger partial charge in [-0.2, -0.15) is 11.3 Å². The van der Waals surface area contributed by atoms with Crippen molar-refractivity contribution in [2.24, 2.45) is 5.73 Å². The average molecular weight is 212 g/mol. The predicted octanol–water partition coefficient (Wildman–Crippen LogP) is 0.908. The van der Waals surface area contributed by atoms with Crippen LogP contribution in [0.3, 0.4) is 0 Å². The molecule has 78 valence electrons. The largest absolute Gasteiger partial charge is 0.374 e. The molecule has 0 aliphatic carbocycles. The molecule has 2 heterocycles. The fourth-order valence-electron chi connectivity index (χ4n) is 1.71. The van der Waals surface area contributed by atoms with Gasteiger partial charge in [0.2, 0.25) is 0 Å². The molecule has 3 nitrogen and oxygen atoms in total. The van der Waals surface area contributed by atoms with Crippen molar-refractivity contribution in [3.8, 4) is 0 Å². The maximum Gasteiger partial charge on any atom is 0.0824 e. The van der Waals surface area contributed by atoms with Gasteiger partial charge in [0.25, 0.3) is 0 Å². The maximum absolute atomic E-state index is 5.59. The van der Waals surface area contributed by atoms with Gasteiger partial charge in [-0.15, -0.1) is 0 Å². The summed E-state index contributed by atoms with van der Waals surface area (Å²) in [4.78, 5) is 2.41. The van der Waals surface area contributed by atoms with Gasteiger partial charge >= 0.3 is 0 Å². The molecule has 0 aromatic carbocycles. The molecule has 1 aromatic rings. The highest BCUT2D eigenvalue weighted by Crippen LogP contribution is 2.12. The summed E-state index contributed by atoms with van der Waals surface area (Å²) in [5, 5.41) is 4.32. The van der Waals surface area contributed by atoms with Crippen molar-refractivity contribution in [2.75, 3.05) is 26.2 Å². The second-order valence-electron chi connectivity index (χ2n) is 3.60. The molecule has 4 heteroatoms. The summed E-state index contributed by atoms with van der Waals surface area (Å²) < 4.78 is 5.51. The van der Waals surface area contributed by atoms with Gasteiger partial charge < -0.3 is 10.5 Å². The minimum atomic E-state index is 0.224. The molecule has 1 atom stereocenters. The minimum absolute atomic E-state index is 0.224. The molecule has 1 fully saturated rings. The van der Waals surface area contributed by atoms with Gasteiger partial charge in [-0.25, -0.2) is 0 Å². The quantitative estimate of drug-likeness (QED) is 0.809. The SMILES string of the molecule is NCC1CN(Cc2ccsc2)CCO1. The van der Waals surface area contributed by atoms with E-state index in [4.69, 9.17) is 10.5 Å². The lowest BCUT2D eigenvalue weighted by atomic mass is 10.2. The summed E-state index contributed by atoms with van der Waals surface area (Å²) in [5.41, 5.74) is 6.99. The van der Waals surface area contributed by atoms with Crippen LogP contribution in [0.15, 0.2) is 16.8 Å². The third kappa shape index (κ3) is 2.54. The normalized spacial score (nSPS) is 23.9. The van der Waals surface area contributed by atoms with E-state index in [1.165, 1.54) is 5.56 Å². The Morgan fingerprint density at radius 1 is 1.64 bits per heavy atom. The standard InChI is InChI=1S/C10H16N2OS/c11-5-10-7-12(2-3-13-10)6-9-1-4-14-8-9/h1,4,8,10H,2-3,5-7,11H2. The molecule has 0 spiro atoms. The van der Waals surface area contributed by atoms with E-state index in [2.05, 4.69) is 21.7 Å². The summed E-state index contributed by atoms with van der Waals surface area (Å²) in [5.74, 6) is 0. The van der Waals surface area contributed by atoms with Crippen molar-refractivity contribution in [3.05, 3.63) is 22.4 Å². The van der Waals surface area contributed by atoms with Crippen molar-refractivity contribution in [2.45, 2.75) is 12.6 Å². The highest BCUT2D eigenvalue weighted by atomic mass is 32.1. The van der Waals surface area contributed by atoms with Crippen molar-refractivity contribution in [3.63, 3.8) is 0 Å². The summed E-state index contributed by atoms with van der Waals surface area (Å²) in [7, 11) is 0. The van der Waals surface area contributed by atoms with Crippen molar-refractivity contribution in [1.29, 1.82) is 0 Å². The summed E-state index contributed by atoms with van der Waals surface area (Å²) in [6.07, 6.45) is 0.224. The van der Waals surface area contributed by atoms with E-state index < -0.39 is 0 Å². The smallest absolute Gasteiger partial charge is 0.0824 e. The highest BCUT2D eigenvalue weighted by molar-refractivity contribution is 7.07. The zero-order valence-electron chi connectivity index (χ0n) is 8.19. The van der Waals surface area contributed by atoms with Crippen molar-refractivity contribution < 1.29 is 4.74 Å². The van der Waals surface area contributed by atoms with Crippen LogP contribution in [-0.2, 0) is 11.3 Å². The first-order chi connectivity index (χ1) is 6.88. The Labute approximate surface area is 88.5 Å². The van der Waals surface area contributed by atoms with Crippen LogP contribution in [-0.4, -0.2) is 37.2 Å². The molecule has 14 heavy (non-hydrogen) atoms. The molecule has 1 unspecified atom stereocenters. The van der Waals surface area contributed by atoms with E-state index in [9.17, 15) is 0 Å². The number of hydrogen-bond acceptors (Lipinski definition) is 4. The predicted molar refractivity (Wildman–Crippen MR) is 58.4 cm³/mol. The molecular formula is C10H16N2OS. The highest BCUT2D eigenvalue weighted by Gasteiger charge is 2.18. The number of ether oxygens (including phenoxy) is 1. The second-order valence-corrected chi connectivity index (χ2v) is 4.38. The molecule has 1 aliphatic heterocycles. The molecule has 1 aromatic heterocycles. The number of thiophene rings is 1. The van der Waals surface area contributed by atoms with Crippen LogP contribution in [0.2, 0.25) is 0 Å². The van der Waals surface area contributed by atoms with Gasteiger partial charge in [-0.05, 0) is 22.4 Å². The Balaban J connectivity index is 1.86. The molecule has 2 rings (SSSR count).